The lowest BCUT2D eigenvalue weighted by Crippen LogP contribution is -1.92. The fourth-order valence-electron chi connectivity index (χ4n) is 1.98. The van der Waals surface area contributed by atoms with Gasteiger partial charge in [0.15, 0.2) is 0 Å². The predicted octanol–water partition coefficient (Wildman–Crippen LogP) is 4.05. The molecule has 0 amide bonds. The average Bonchev–Trinajstić information content (AvgIpc) is 2.88. The number of phenolic OH excluding ortho intramolecular Hbond substituents is 1. The summed E-state index contributed by atoms with van der Waals surface area (Å²) in [4.78, 5) is 19.1. The number of aliphatic imine (C=N–C) groups is 1. The molecule has 0 fully saturated rings. The summed E-state index contributed by atoms with van der Waals surface area (Å²) in [5.74, 6) is 0.198. The molecule has 0 aliphatic carbocycles. The Hall–Kier alpha value is -2.80. The maximum absolute atomic E-state index is 10.8. The van der Waals surface area contributed by atoms with E-state index in [4.69, 9.17) is 0 Å². The Morgan fingerprint density at radius 1 is 1.27 bits per heavy atom. The summed E-state index contributed by atoms with van der Waals surface area (Å²) < 4.78 is 0.850. The lowest BCUT2D eigenvalue weighted by molar-refractivity contribution is -0.384. The SMILES string of the molecule is C/C(=N/c1nc2cc([N+](=O)[O-])ccc2s1)c1ccc(O)cc1. The normalized spacial score (nSPS) is 11.8. The van der Waals surface area contributed by atoms with Crippen molar-refractivity contribution in [3.8, 4) is 5.75 Å². The highest BCUT2D eigenvalue weighted by Gasteiger charge is 2.10. The Morgan fingerprint density at radius 3 is 2.68 bits per heavy atom. The van der Waals surface area contributed by atoms with Crippen LogP contribution in [0, 0.1) is 10.1 Å². The van der Waals surface area contributed by atoms with E-state index in [0.29, 0.717) is 10.6 Å². The number of benzene rings is 2. The maximum Gasteiger partial charge on any atom is 0.271 e. The van der Waals surface area contributed by atoms with Crippen LogP contribution in [0.25, 0.3) is 10.2 Å². The van der Waals surface area contributed by atoms with Gasteiger partial charge >= 0.3 is 0 Å². The molecule has 0 atom stereocenters. The first-order valence-corrected chi connectivity index (χ1v) is 7.24. The van der Waals surface area contributed by atoms with E-state index in [-0.39, 0.29) is 11.4 Å². The summed E-state index contributed by atoms with van der Waals surface area (Å²) in [5, 5.41) is 20.6. The van der Waals surface area contributed by atoms with E-state index in [1.54, 1.807) is 30.3 Å². The minimum Gasteiger partial charge on any atom is -0.508 e. The minimum atomic E-state index is -0.441. The Balaban J connectivity index is 1.97. The van der Waals surface area contributed by atoms with Gasteiger partial charge in [0.1, 0.15) is 5.75 Å². The fraction of sp³-hybridized carbons (Fsp3) is 0.0667. The number of nitrogens with zero attached hydrogens (tertiary/aromatic N) is 3. The van der Waals surface area contributed by atoms with E-state index >= 15 is 0 Å². The highest BCUT2D eigenvalue weighted by molar-refractivity contribution is 7.22. The van der Waals surface area contributed by atoms with Crippen LogP contribution >= 0.6 is 11.3 Å². The van der Waals surface area contributed by atoms with Crippen LogP contribution in [0.2, 0.25) is 0 Å². The molecule has 110 valence electrons. The number of rotatable bonds is 3. The third-order valence-electron chi connectivity index (χ3n) is 3.12. The van der Waals surface area contributed by atoms with Crippen molar-refractivity contribution in [3.63, 3.8) is 0 Å². The molecule has 22 heavy (non-hydrogen) atoms. The molecule has 0 saturated heterocycles. The standard InChI is InChI=1S/C15H11N3O3S/c1-9(10-2-5-12(19)6-3-10)16-15-17-13-8-11(18(20)21)4-7-14(13)22-15/h2-8,19H,1H3/b16-9-. The summed E-state index contributed by atoms with van der Waals surface area (Å²) in [6.07, 6.45) is 0. The topological polar surface area (TPSA) is 88.6 Å². The molecule has 0 unspecified atom stereocenters. The first-order valence-electron chi connectivity index (χ1n) is 6.42. The number of non-ortho nitro benzene ring substituents is 1. The Bertz CT molecular complexity index is 885. The molecule has 0 aliphatic rings. The first-order chi connectivity index (χ1) is 10.5. The van der Waals surface area contributed by atoms with E-state index in [1.807, 2.05) is 6.92 Å². The van der Waals surface area contributed by atoms with Crippen molar-refractivity contribution in [1.82, 2.24) is 4.98 Å². The van der Waals surface area contributed by atoms with Gasteiger partial charge in [0.2, 0.25) is 5.13 Å². The number of aromatic hydroxyl groups is 1. The molecule has 0 bridgehead atoms. The molecule has 0 saturated carbocycles. The summed E-state index contributed by atoms with van der Waals surface area (Å²) in [6, 6.07) is 11.3. The van der Waals surface area contributed by atoms with Crippen LogP contribution in [-0.2, 0) is 0 Å². The third-order valence-corrected chi connectivity index (χ3v) is 4.05. The van der Waals surface area contributed by atoms with Crippen LogP contribution in [-0.4, -0.2) is 20.7 Å². The number of aromatic nitrogens is 1. The molecular weight excluding hydrogens is 302 g/mol. The maximum atomic E-state index is 10.8. The van der Waals surface area contributed by atoms with Gasteiger partial charge in [-0.25, -0.2) is 9.98 Å². The molecule has 7 heteroatoms. The van der Waals surface area contributed by atoms with E-state index in [0.717, 1.165) is 16.0 Å². The van der Waals surface area contributed by atoms with Crippen molar-refractivity contribution in [3.05, 3.63) is 58.1 Å². The zero-order chi connectivity index (χ0) is 15.7. The van der Waals surface area contributed by atoms with Gasteiger partial charge in [-0.05, 0) is 42.8 Å². The summed E-state index contributed by atoms with van der Waals surface area (Å²) in [5.41, 5.74) is 2.22. The van der Waals surface area contributed by atoms with Crippen molar-refractivity contribution in [1.29, 1.82) is 0 Å². The lowest BCUT2D eigenvalue weighted by atomic mass is 10.1. The van der Waals surface area contributed by atoms with Crippen LogP contribution in [0.3, 0.4) is 0 Å². The predicted molar refractivity (Wildman–Crippen MR) is 86.3 cm³/mol. The smallest absolute Gasteiger partial charge is 0.271 e. The highest BCUT2D eigenvalue weighted by atomic mass is 32.1. The highest BCUT2D eigenvalue weighted by Crippen LogP contribution is 2.31. The van der Waals surface area contributed by atoms with Crippen molar-refractivity contribution in [2.45, 2.75) is 6.92 Å². The van der Waals surface area contributed by atoms with Gasteiger partial charge in [-0.1, -0.05) is 11.3 Å². The number of hydrogen-bond acceptors (Lipinski definition) is 6. The van der Waals surface area contributed by atoms with Crippen molar-refractivity contribution in [2.24, 2.45) is 4.99 Å². The molecule has 6 nitrogen and oxygen atoms in total. The van der Waals surface area contributed by atoms with Crippen LogP contribution in [0.1, 0.15) is 12.5 Å². The van der Waals surface area contributed by atoms with Gasteiger partial charge in [-0.2, -0.15) is 0 Å². The van der Waals surface area contributed by atoms with Gasteiger partial charge in [0.05, 0.1) is 15.1 Å². The molecule has 1 N–H and O–H groups in total. The van der Waals surface area contributed by atoms with Gasteiger partial charge in [-0.15, -0.1) is 0 Å². The van der Waals surface area contributed by atoms with Crippen LogP contribution < -0.4 is 0 Å². The van der Waals surface area contributed by atoms with Gasteiger partial charge in [0, 0.05) is 17.8 Å². The first kappa shape index (κ1) is 14.2. The second-order valence-corrected chi connectivity index (χ2v) is 5.66. The molecule has 3 rings (SSSR count). The Morgan fingerprint density at radius 2 is 2.00 bits per heavy atom. The van der Waals surface area contributed by atoms with E-state index < -0.39 is 4.92 Å². The fourth-order valence-corrected chi connectivity index (χ4v) is 2.84. The molecular formula is C15H11N3O3S. The molecule has 1 heterocycles. The molecule has 0 spiro atoms. The summed E-state index contributed by atoms with van der Waals surface area (Å²) >= 11 is 1.37. The lowest BCUT2D eigenvalue weighted by Gasteiger charge is -1.99. The van der Waals surface area contributed by atoms with Crippen molar-refractivity contribution >= 4 is 38.1 Å². The number of phenols is 1. The average molecular weight is 313 g/mol. The Labute approximate surface area is 129 Å². The van der Waals surface area contributed by atoms with Crippen molar-refractivity contribution < 1.29 is 10.0 Å². The number of thiazole rings is 1. The molecule has 3 aromatic rings. The molecule has 2 aromatic carbocycles. The van der Waals surface area contributed by atoms with Gasteiger partial charge in [-0.3, -0.25) is 10.1 Å². The third kappa shape index (κ3) is 2.79. The number of nitro groups is 1. The number of fused-ring (bicyclic) bond motifs is 1. The van der Waals surface area contributed by atoms with E-state index in [9.17, 15) is 15.2 Å². The van der Waals surface area contributed by atoms with E-state index in [1.165, 1.54) is 23.5 Å². The van der Waals surface area contributed by atoms with Crippen LogP contribution in [0.15, 0.2) is 47.5 Å². The second kappa shape index (κ2) is 5.53. The molecule has 0 radical (unpaired) electrons. The number of hydrogen-bond donors (Lipinski definition) is 1. The molecule has 1 aromatic heterocycles. The van der Waals surface area contributed by atoms with Crippen LogP contribution in [0.5, 0.6) is 5.75 Å². The van der Waals surface area contributed by atoms with Crippen LogP contribution in [0.4, 0.5) is 10.8 Å². The van der Waals surface area contributed by atoms with Gasteiger partial charge < -0.3 is 5.11 Å². The monoisotopic (exact) mass is 313 g/mol. The van der Waals surface area contributed by atoms with Gasteiger partial charge in [0.25, 0.3) is 5.69 Å². The number of nitro benzene ring substituents is 1. The van der Waals surface area contributed by atoms with Crippen molar-refractivity contribution in [2.75, 3.05) is 0 Å². The van der Waals surface area contributed by atoms with E-state index in [2.05, 4.69) is 9.98 Å². The minimum absolute atomic E-state index is 0.0172. The second-order valence-electron chi connectivity index (χ2n) is 4.65. The zero-order valence-corrected chi connectivity index (χ0v) is 12.4. The summed E-state index contributed by atoms with van der Waals surface area (Å²) in [7, 11) is 0. The largest absolute Gasteiger partial charge is 0.508 e. The molecule has 0 aliphatic heterocycles. The summed E-state index contributed by atoms with van der Waals surface area (Å²) in [6.45, 7) is 1.85. The Kier molecular flexibility index (Phi) is 3.56. The zero-order valence-electron chi connectivity index (χ0n) is 11.6. The quantitative estimate of drug-likeness (QED) is 0.449.